The van der Waals surface area contributed by atoms with E-state index in [0.717, 1.165) is 12.0 Å². The number of hydrogen-bond acceptors (Lipinski definition) is 3. The minimum atomic E-state index is 0.765. The molecule has 3 heteroatoms. The Morgan fingerprint density at radius 2 is 2.19 bits per heavy atom. The number of nitrogens with one attached hydrogen (secondary N) is 1. The van der Waals surface area contributed by atoms with Gasteiger partial charge in [0.2, 0.25) is 0 Å². The Morgan fingerprint density at radius 3 is 3.06 bits per heavy atom. The monoisotopic (exact) mass is 217 g/mol. The molecule has 0 amide bonds. The van der Waals surface area contributed by atoms with Crippen LogP contribution in [0.25, 0.3) is 0 Å². The van der Waals surface area contributed by atoms with E-state index in [9.17, 15) is 0 Å². The lowest BCUT2D eigenvalue weighted by atomic mass is 9.96. The maximum atomic E-state index is 4.21. The fourth-order valence-electron chi connectivity index (χ4n) is 3.03. The van der Waals surface area contributed by atoms with Gasteiger partial charge < -0.3 is 10.2 Å². The largest absolute Gasteiger partial charge is 0.370 e. The first-order valence-electron chi connectivity index (χ1n) is 6.32. The molecule has 2 aliphatic rings. The Bertz CT molecular complexity index is 324. The van der Waals surface area contributed by atoms with Crippen LogP contribution in [0.3, 0.4) is 0 Å². The third kappa shape index (κ3) is 1.92. The highest BCUT2D eigenvalue weighted by molar-refractivity contribution is 5.43. The van der Waals surface area contributed by atoms with Gasteiger partial charge in [0, 0.05) is 25.3 Å². The molecule has 0 unspecified atom stereocenters. The summed E-state index contributed by atoms with van der Waals surface area (Å²) >= 11 is 0. The van der Waals surface area contributed by atoms with Crippen LogP contribution < -0.4 is 10.2 Å². The fourth-order valence-corrected chi connectivity index (χ4v) is 3.03. The molecule has 2 aliphatic heterocycles. The highest BCUT2D eigenvalue weighted by atomic mass is 15.1. The Labute approximate surface area is 96.9 Å². The van der Waals surface area contributed by atoms with Crippen LogP contribution in [0.5, 0.6) is 0 Å². The molecule has 1 aromatic rings. The summed E-state index contributed by atoms with van der Waals surface area (Å²) in [5.41, 5.74) is 1.28. The lowest BCUT2D eigenvalue weighted by Crippen LogP contribution is -2.28. The number of nitrogens with zero attached hydrogens (tertiary/aromatic N) is 2. The zero-order valence-electron chi connectivity index (χ0n) is 9.60. The zero-order chi connectivity index (χ0) is 10.8. The Balaban J connectivity index is 1.71. The van der Waals surface area contributed by atoms with Crippen molar-refractivity contribution in [1.82, 2.24) is 10.3 Å². The molecule has 0 saturated carbocycles. The zero-order valence-corrected chi connectivity index (χ0v) is 9.60. The molecular formula is C13H19N3. The van der Waals surface area contributed by atoms with Crippen molar-refractivity contribution in [3.8, 4) is 0 Å². The van der Waals surface area contributed by atoms with Gasteiger partial charge in [0.05, 0.1) is 11.9 Å². The van der Waals surface area contributed by atoms with Crippen molar-refractivity contribution in [2.75, 3.05) is 24.5 Å². The topological polar surface area (TPSA) is 28.2 Å². The van der Waals surface area contributed by atoms with Gasteiger partial charge in [-0.05, 0) is 43.9 Å². The molecule has 1 aromatic heterocycles. The van der Waals surface area contributed by atoms with Gasteiger partial charge in [-0.2, -0.15) is 0 Å². The summed E-state index contributed by atoms with van der Waals surface area (Å²) in [7, 11) is 0. The molecule has 0 radical (unpaired) electrons. The van der Waals surface area contributed by atoms with Crippen molar-refractivity contribution in [3.63, 3.8) is 0 Å². The molecule has 2 fully saturated rings. The van der Waals surface area contributed by atoms with Crippen molar-refractivity contribution >= 4 is 5.69 Å². The van der Waals surface area contributed by atoms with Crippen molar-refractivity contribution in [3.05, 3.63) is 24.5 Å². The van der Waals surface area contributed by atoms with E-state index in [0.29, 0.717) is 0 Å². The van der Waals surface area contributed by atoms with Crippen LogP contribution >= 0.6 is 0 Å². The summed E-state index contributed by atoms with van der Waals surface area (Å²) in [4.78, 5) is 6.68. The van der Waals surface area contributed by atoms with E-state index in [4.69, 9.17) is 0 Å². The molecule has 3 rings (SSSR count). The Morgan fingerprint density at radius 1 is 1.25 bits per heavy atom. The average Bonchev–Trinajstić information content (AvgIpc) is 2.70. The van der Waals surface area contributed by atoms with Gasteiger partial charge >= 0.3 is 0 Å². The average molecular weight is 217 g/mol. The van der Waals surface area contributed by atoms with Gasteiger partial charge in [0.25, 0.3) is 0 Å². The summed E-state index contributed by atoms with van der Waals surface area (Å²) in [6.45, 7) is 3.58. The first kappa shape index (κ1) is 10.1. The third-order valence-electron chi connectivity index (χ3n) is 3.98. The summed E-state index contributed by atoms with van der Waals surface area (Å²) in [6, 6.07) is 4.96. The minimum absolute atomic E-state index is 0.765. The third-order valence-corrected chi connectivity index (χ3v) is 3.98. The molecule has 86 valence electrons. The Kier molecular flexibility index (Phi) is 2.79. The molecule has 2 saturated heterocycles. The summed E-state index contributed by atoms with van der Waals surface area (Å²) < 4.78 is 0. The molecular weight excluding hydrogens is 198 g/mol. The van der Waals surface area contributed by atoms with Crippen LogP contribution in [0.4, 0.5) is 5.69 Å². The van der Waals surface area contributed by atoms with Gasteiger partial charge in [-0.15, -0.1) is 0 Å². The smallest absolute Gasteiger partial charge is 0.0552 e. The molecule has 3 nitrogen and oxygen atoms in total. The number of pyridine rings is 1. The molecule has 3 heterocycles. The predicted molar refractivity (Wildman–Crippen MR) is 65.6 cm³/mol. The normalized spacial score (nSPS) is 29.9. The van der Waals surface area contributed by atoms with E-state index in [1.807, 2.05) is 18.5 Å². The highest BCUT2D eigenvalue weighted by Gasteiger charge is 2.29. The van der Waals surface area contributed by atoms with E-state index in [1.54, 1.807) is 0 Å². The van der Waals surface area contributed by atoms with Gasteiger partial charge in [-0.25, -0.2) is 0 Å². The lowest BCUT2D eigenvalue weighted by molar-refractivity contribution is 0.436. The molecule has 16 heavy (non-hydrogen) atoms. The van der Waals surface area contributed by atoms with E-state index >= 15 is 0 Å². The van der Waals surface area contributed by atoms with Crippen molar-refractivity contribution in [2.45, 2.75) is 25.3 Å². The summed E-state index contributed by atoms with van der Waals surface area (Å²) in [6.07, 6.45) is 7.80. The number of rotatable bonds is 1. The lowest BCUT2D eigenvalue weighted by Gasteiger charge is -2.22. The van der Waals surface area contributed by atoms with E-state index in [1.165, 1.54) is 44.6 Å². The second-order valence-corrected chi connectivity index (χ2v) is 4.88. The molecule has 0 aliphatic carbocycles. The van der Waals surface area contributed by atoms with Crippen molar-refractivity contribution in [1.29, 1.82) is 0 Å². The summed E-state index contributed by atoms with van der Waals surface area (Å²) in [5.74, 6) is 0.904. The van der Waals surface area contributed by atoms with Crippen LogP contribution in [0.1, 0.15) is 19.3 Å². The second kappa shape index (κ2) is 4.42. The quantitative estimate of drug-likeness (QED) is 0.775. The predicted octanol–water partition coefficient (Wildman–Crippen LogP) is 1.66. The van der Waals surface area contributed by atoms with Gasteiger partial charge in [0.1, 0.15) is 0 Å². The van der Waals surface area contributed by atoms with Crippen molar-refractivity contribution < 1.29 is 0 Å². The SMILES string of the molecule is c1cncc(N2CC[C@@H]3CCN[C@@H]3CC2)c1. The highest BCUT2D eigenvalue weighted by Crippen LogP contribution is 2.27. The maximum Gasteiger partial charge on any atom is 0.0552 e. The van der Waals surface area contributed by atoms with Crippen LogP contribution in [0.2, 0.25) is 0 Å². The molecule has 1 N–H and O–H groups in total. The standard InChI is InChI=1S/C13H19N3/c1-2-12(10-14-6-1)16-8-4-11-3-7-15-13(11)5-9-16/h1-2,6,10-11,13,15H,3-5,7-9H2/t11-,13+/m0/s1. The van der Waals surface area contributed by atoms with Gasteiger partial charge in [-0.3, -0.25) is 4.98 Å². The van der Waals surface area contributed by atoms with Crippen LogP contribution in [0.15, 0.2) is 24.5 Å². The van der Waals surface area contributed by atoms with Gasteiger partial charge in [0.15, 0.2) is 0 Å². The Hall–Kier alpha value is -1.09. The van der Waals surface area contributed by atoms with E-state index < -0.39 is 0 Å². The number of hydrogen-bond donors (Lipinski definition) is 1. The van der Waals surface area contributed by atoms with Crippen LogP contribution in [0, 0.1) is 5.92 Å². The minimum Gasteiger partial charge on any atom is -0.370 e. The van der Waals surface area contributed by atoms with Crippen LogP contribution in [-0.4, -0.2) is 30.7 Å². The molecule has 0 aromatic carbocycles. The van der Waals surface area contributed by atoms with E-state index in [2.05, 4.69) is 21.3 Å². The summed E-state index contributed by atoms with van der Waals surface area (Å²) in [5, 5.41) is 3.63. The maximum absolute atomic E-state index is 4.21. The van der Waals surface area contributed by atoms with E-state index in [-0.39, 0.29) is 0 Å². The van der Waals surface area contributed by atoms with Gasteiger partial charge in [-0.1, -0.05) is 0 Å². The number of anilines is 1. The molecule has 0 bridgehead atoms. The second-order valence-electron chi connectivity index (χ2n) is 4.88. The number of fused-ring (bicyclic) bond motifs is 1. The van der Waals surface area contributed by atoms with Crippen LogP contribution in [-0.2, 0) is 0 Å². The molecule has 0 spiro atoms. The molecule has 2 atom stereocenters. The van der Waals surface area contributed by atoms with Crippen molar-refractivity contribution in [2.24, 2.45) is 5.92 Å². The first-order valence-corrected chi connectivity index (χ1v) is 6.32. The fraction of sp³-hybridized carbons (Fsp3) is 0.615. The first-order chi connectivity index (χ1) is 7.93. The number of aromatic nitrogens is 1.